The van der Waals surface area contributed by atoms with Crippen LogP contribution >= 0.6 is 0 Å². The zero-order valence-corrected chi connectivity index (χ0v) is 11.1. The van der Waals surface area contributed by atoms with Gasteiger partial charge in [0, 0.05) is 12.2 Å². The molecule has 1 aliphatic rings. The Kier molecular flexibility index (Phi) is 3.33. The molecule has 0 aromatic heterocycles. The summed E-state index contributed by atoms with van der Waals surface area (Å²) < 4.78 is 39.7. The van der Waals surface area contributed by atoms with Crippen molar-refractivity contribution < 1.29 is 12.8 Å². The van der Waals surface area contributed by atoms with Crippen molar-refractivity contribution in [1.82, 2.24) is 4.72 Å². The standard InChI is InChI=1S/C12H17FN2O2S/c1-2-12(3-4-12)8-15-18(16,17)11-6-9(13)5-10(14)7-11/h5-7,15H,2-4,8,14H2,1H3. The fourth-order valence-electron chi connectivity index (χ4n) is 1.90. The highest BCUT2D eigenvalue weighted by atomic mass is 32.2. The molecule has 4 nitrogen and oxygen atoms in total. The zero-order valence-electron chi connectivity index (χ0n) is 10.2. The third-order valence-electron chi connectivity index (χ3n) is 3.55. The van der Waals surface area contributed by atoms with Gasteiger partial charge in [-0.05, 0) is 42.9 Å². The van der Waals surface area contributed by atoms with Gasteiger partial charge >= 0.3 is 0 Å². The molecule has 0 amide bonds. The van der Waals surface area contributed by atoms with Crippen molar-refractivity contribution in [2.75, 3.05) is 12.3 Å². The Bertz CT molecular complexity index is 533. The van der Waals surface area contributed by atoms with Crippen molar-refractivity contribution >= 4 is 15.7 Å². The largest absolute Gasteiger partial charge is 0.399 e. The molecule has 0 radical (unpaired) electrons. The lowest BCUT2D eigenvalue weighted by Gasteiger charge is -2.14. The predicted molar refractivity (Wildman–Crippen MR) is 68.0 cm³/mol. The average Bonchev–Trinajstić information content (AvgIpc) is 3.06. The smallest absolute Gasteiger partial charge is 0.240 e. The van der Waals surface area contributed by atoms with Gasteiger partial charge in [0.1, 0.15) is 5.82 Å². The Morgan fingerprint density at radius 3 is 2.56 bits per heavy atom. The number of nitrogens with one attached hydrogen (secondary N) is 1. The monoisotopic (exact) mass is 272 g/mol. The first-order valence-corrected chi connectivity index (χ1v) is 7.41. The molecule has 0 aliphatic heterocycles. The summed E-state index contributed by atoms with van der Waals surface area (Å²) in [4.78, 5) is -0.119. The van der Waals surface area contributed by atoms with Gasteiger partial charge in [0.05, 0.1) is 4.90 Å². The summed E-state index contributed by atoms with van der Waals surface area (Å²) in [5.41, 5.74) is 5.65. The summed E-state index contributed by atoms with van der Waals surface area (Å²) in [6, 6.07) is 3.33. The molecule has 0 heterocycles. The second kappa shape index (κ2) is 4.51. The van der Waals surface area contributed by atoms with Crippen LogP contribution in [0.25, 0.3) is 0 Å². The van der Waals surface area contributed by atoms with Crippen LogP contribution in [-0.2, 0) is 10.0 Å². The third kappa shape index (κ3) is 2.81. The second-order valence-electron chi connectivity index (χ2n) is 4.90. The van der Waals surface area contributed by atoms with Gasteiger partial charge in [0.25, 0.3) is 0 Å². The molecule has 1 aliphatic carbocycles. The first kappa shape index (κ1) is 13.3. The van der Waals surface area contributed by atoms with Gasteiger partial charge in [-0.15, -0.1) is 0 Å². The molecule has 6 heteroatoms. The molecule has 18 heavy (non-hydrogen) atoms. The number of nitrogen functional groups attached to an aromatic ring is 1. The summed E-state index contributed by atoms with van der Waals surface area (Å²) >= 11 is 0. The van der Waals surface area contributed by atoms with Crippen molar-refractivity contribution in [3.63, 3.8) is 0 Å². The maximum atomic E-state index is 13.1. The number of sulfonamides is 1. The summed E-state index contributed by atoms with van der Waals surface area (Å²) in [5, 5.41) is 0. The van der Waals surface area contributed by atoms with Crippen molar-refractivity contribution in [2.24, 2.45) is 5.41 Å². The van der Waals surface area contributed by atoms with Crippen LogP contribution in [0.1, 0.15) is 26.2 Å². The molecule has 0 bridgehead atoms. The minimum Gasteiger partial charge on any atom is -0.399 e. The number of halogens is 1. The fraction of sp³-hybridized carbons (Fsp3) is 0.500. The van der Waals surface area contributed by atoms with Gasteiger partial charge < -0.3 is 5.73 Å². The summed E-state index contributed by atoms with van der Waals surface area (Å²) in [7, 11) is -3.68. The maximum Gasteiger partial charge on any atom is 0.240 e. The van der Waals surface area contributed by atoms with Gasteiger partial charge in [0.15, 0.2) is 0 Å². The van der Waals surface area contributed by atoms with Crippen molar-refractivity contribution in [3.05, 3.63) is 24.0 Å². The quantitative estimate of drug-likeness (QED) is 0.804. The van der Waals surface area contributed by atoms with Gasteiger partial charge in [-0.3, -0.25) is 0 Å². The first-order valence-electron chi connectivity index (χ1n) is 5.93. The van der Waals surface area contributed by atoms with E-state index < -0.39 is 15.8 Å². The van der Waals surface area contributed by atoms with Gasteiger partial charge in [-0.1, -0.05) is 6.92 Å². The third-order valence-corrected chi connectivity index (χ3v) is 4.93. The van der Waals surface area contributed by atoms with Crippen LogP contribution in [0.5, 0.6) is 0 Å². The van der Waals surface area contributed by atoms with Crippen molar-refractivity contribution in [2.45, 2.75) is 31.1 Å². The summed E-state index contributed by atoms with van der Waals surface area (Å²) in [6.07, 6.45) is 3.02. The van der Waals surface area contributed by atoms with E-state index in [-0.39, 0.29) is 16.0 Å². The molecule has 0 saturated heterocycles. The van der Waals surface area contributed by atoms with E-state index >= 15 is 0 Å². The normalized spacial score (nSPS) is 17.7. The first-order chi connectivity index (χ1) is 8.37. The van der Waals surface area contributed by atoms with Gasteiger partial charge in [-0.2, -0.15) is 0 Å². The molecule has 0 atom stereocenters. The SMILES string of the molecule is CCC1(CNS(=O)(=O)c2cc(N)cc(F)c2)CC1. The number of hydrogen-bond acceptors (Lipinski definition) is 3. The molecule has 1 aromatic carbocycles. The van der Waals surface area contributed by atoms with E-state index in [1.165, 1.54) is 6.07 Å². The lowest BCUT2D eigenvalue weighted by atomic mass is 10.1. The van der Waals surface area contributed by atoms with Crippen LogP contribution in [0.3, 0.4) is 0 Å². The van der Waals surface area contributed by atoms with E-state index in [0.717, 1.165) is 31.4 Å². The molecule has 1 saturated carbocycles. The Balaban J connectivity index is 2.15. The number of benzene rings is 1. The minimum absolute atomic E-state index is 0.103. The number of anilines is 1. The van der Waals surface area contributed by atoms with Crippen molar-refractivity contribution in [3.8, 4) is 0 Å². The molecule has 0 spiro atoms. The van der Waals surface area contributed by atoms with Gasteiger partial charge in [-0.25, -0.2) is 17.5 Å². The van der Waals surface area contributed by atoms with Crippen LogP contribution in [-0.4, -0.2) is 15.0 Å². The topological polar surface area (TPSA) is 72.2 Å². The molecule has 0 unspecified atom stereocenters. The Morgan fingerprint density at radius 2 is 2.06 bits per heavy atom. The predicted octanol–water partition coefficient (Wildman–Crippen LogP) is 1.88. The zero-order chi connectivity index (χ0) is 13.4. The number of rotatable bonds is 5. The molecule has 3 N–H and O–H groups in total. The van der Waals surface area contributed by atoms with Crippen LogP contribution in [0, 0.1) is 11.2 Å². The minimum atomic E-state index is -3.68. The lowest BCUT2D eigenvalue weighted by Crippen LogP contribution is -2.30. The fourth-order valence-corrected chi connectivity index (χ4v) is 3.12. The van der Waals surface area contributed by atoms with E-state index in [0.29, 0.717) is 6.54 Å². The van der Waals surface area contributed by atoms with E-state index in [2.05, 4.69) is 4.72 Å². The number of nitrogens with two attached hydrogens (primary N) is 1. The molecule has 1 aromatic rings. The van der Waals surface area contributed by atoms with Crippen LogP contribution < -0.4 is 10.5 Å². The maximum absolute atomic E-state index is 13.1. The highest BCUT2D eigenvalue weighted by Gasteiger charge is 2.41. The number of hydrogen-bond donors (Lipinski definition) is 2. The summed E-state index contributed by atoms with van der Waals surface area (Å²) in [5.74, 6) is -0.646. The van der Waals surface area contributed by atoms with Crippen molar-refractivity contribution in [1.29, 1.82) is 0 Å². The van der Waals surface area contributed by atoms with E-state index in [9.17, 15) is 12.8 Å². The van der Waals surface area contributed by atoms with Crippen LogP contribution in [0.15, 0.2) is 23.1 Å². The van der Waals surface area contributed by atoms with E-state index in [4.69, 9.17) is 5.73 Å². The van der Waals surface area contributed by atoms with Crippen LogP contribution in [0.4, 0.5) is 10.1 Å². The van der Waals surface area contributed by atoms with E-state index in [1.54, 1.807) is 0 Å². The highest BCUT2D eigenvalue weighted by molar-refractivity contribution is 7.89. The highest BCUT2D eigenvalue weighted by Crippen LogP contribution is 2.48. The Morgan fingerprint density at radius 1 is 1.39 bits per heavy atom. The molecular weight excluding hydrogens is 255 g/mol. The molecular formula is C12H17FN2O2S. The second-order valence-corrected chi connectivity index (χ2v) is 6.67. The Hall–Kier alpha value is -1.14. The van der Waals surface area contributed by atoms with Gasteiger partial charge in [0.2, 0.25) is 10.0 Å². The van der Waals surface area contributed by atoms with E-state index in [1.807, 2.05) is 6.92 Å². The summed E-state index contributed by atoms with van der Waals surface area (Å²) in [6.45, 7) is 2.45. The molecule has 1 fully saturated rings. The lowest BCUT2D eigenvalue weighted by molar-refractivity contribution is 0.475. The molecule has 100 valence electrons. The van der Waals surface area contributed by atoms with Crippen LogP contribution in [0.2, 0.25) is 0 Å². The Labute approximate surface area is 106 Å². The molecule has 2 rings (SSSR count). The average molecular weight is 272 g/mol.